The summed E-state index contributed by atoms with van der Waals surface area (Å²) in [6.07, 6.45) is 3.86. The molecule has 5 unspecified atom stereocenters. The Hall–Kier alpha value is -2.12. The topological polar surface area (TPSA) is 98.8 Å². The molecule has 0 radical (unpaired) electrons. The molecule has 3 heterocycles. The van der Waals surface area contributed by atoms with Crippen molar-refractivity contribution in [3.05, 3.63) is 0 Å². The van der Waals surface area contributed by atoms with Crippen molar-refractivity contribution < 1.29 is 19.2 Å². The maximum Gasteiger partial charge on any atom is 0.246 e. The predicted octanol–water partition coefficient (Wildman–Crippen LogP) is 1.04. The summed E-state index contributed by atoms with van der Waals surface area (Å²) in [6, 6.07) is -2.53. The van der Waals surface area contributed by atoms with Crippen LogP contribution in [-0.2, 0) is 19.2 Å². The number of nitrogens with zero attached hydrogens (tertiary/aromatic N) is 2. The van der Waals surface area contributed by atoms with E-state index in [0.717, 1.165) is 19.3 Å². The molecular weight excluding hydrogens is 384 g/mol. The number of hydrogen-bond acceptors (Lipinski definition) is 4. The minimum Gasteiger partial charge on any atom is -0.342 e. The second-order valence-corrected chi connectivity index (χ2v) is 9.44. The van der Waals surface area contributed by atoms with Crippen LogP contribution in [0.4, 0.5) is 0 Å². The van der Waals surface area contributed by atoms with Crippen LogP contribution in [0.2, 0.25) is 0 Å². The summed E-state index contributed by atoms with van der Waals surface area (Å²) in [5, 5.41) is 5.89. The van der Waals surface area contributed by atoms with E-state index in [0.29, 0.717) is 32.4 Å². The van der Waals surface area contributed by atoms with E-state index in [4.69, 9.17) is 0 Å². The van der Waals surface area contributed by atoms with Crippen LogP contribution in [0.1, 0.15) is 66.2 Å². The average Bonchev–Trinajstić information content (AvgIpc) is 3.38. The van der Waals surface area contributed by atoms with Crippen molar-refractivity contribution in [2.45, 2.75) is 90.4 Å². The quantitative estimate of drug-likeness (QED) is 0.710. The first-order valence-corrected chi connectivity index (χ1v) is 11.5. The zero-order valence-corrected chi connectivity index (χ0v) is 18.6. The highest BCUT2D eigenvalue weighted by Gasteiger charge is 2.44. The number of carbonyl (C=O) groups is 4. The van der Waals surface area contributed by atoms with E-state index in [1.54, 1.807) is 9.80 Å². The first kappa shape index (κ1) is 22.6. The third-order valence-electron chi connectivity index (χ3n) is 6.78. The highest BCUT2D eigenvalue weighted by Crippen LogP contribution is 2.25. The van der Waals surface area contributed by atoms with Crippen LogP contribution in [0.5, 0.6) is 0 Å². The number of fused-ring (bicyclic) bond motifs is 2. The summed E-state index contributed by atoms with van der Waals surface area (Å²) in [5.74, 6) is -0.750. The lowest BCUT2D eigenvalue weighted by molar-refractivity contribution is -0.147. The Labute approximate surface area is 179 Å². The van der Waals surface area contributed by atoms with E-state index in [-0.39, 0.29) is 35.5 Å². The van der Waals surface area contributed by atoms with Crippen molar-refractivity contribution >= 4 is 23.6 Å². The van der Waals surface area contributed by atoms with E-state index in [2.05, 4.69) is 10.6 Å². The highest BCUT2D eigenvalue weighted by atomic mass is 16.2. The summed E-state index contributed by atoms with van der Waals surface area (Å²) >= 11 is 0. The van der Waals surface area contributed by atoms with E-state index in [1.807, 2.05) is 27.7 Å². The largest absolute Gasteiger partial charge is 0.342 e. The van der Waals surface area contributed by atoms with E-state index in [9.17, 15) is 19.2 Å². The molecule has 0 aromatic rings. The molecule has 3 aliphatic rings. The normalized spacial score (nSPS) is 31.6. The first-order chi connectivity index (χ1) is 14.2. The Morgan fingerprint density at radius 1 is 0.867 bits per heavy atom. The molecule has 3 rings (SSSR count). The molecule has 0 bridgehead atoms. The Morgan fingerprint density at radius 2 is 1.40 bits per heavy atom. The van der Waals surface area contributed by atoms with Gasteiger partial charge in [0.05, 0.1) is 0 Å². The van der Waals surface area contributed by atoms with Crippen LogP contribution in [0, 0.1) is 11.8 Å². The minimum absolute atomic E-state index is 0.0621. The fraction of sp³-hybridized carbons (Fsp3) is 0.818. The molecule has 30 heavy (non-hydrogen) atoms. The predicted molar refractivity (Wildman–Crippen MR) is 112 cm³/mol. The van der Waals surface area contributed by atoms with E-state index in [1.165, 1.54) is 0 Å². The lowest BCUT2D eigenvalue weighted by Gasteiger charge is -2.36. The lowest BCUT2D eigenvalue weighted by atomic mass is 9.96. The molecule has 0 spiro atoms. The third kappa shape index (κ3) is 4.47. The van der Waals surface area contributed by atoms with Gasteiger partial charge in [0.2, 0.25) is 23.6 Å². The summed E-state index contributed by atoms with van der Waals surface area (Å²) in [4.78, 5) is 56.3. The number of carbonyl (C=O) groups excluding carboxylic acids is 4. The van der Waals surface area contributed by atoms with Crippen molar-refractivity contribution in [1.29, 1.82) is 0 Å². The van der Waals surface area contributed by atoms with Crippen LogP contribution in [0.3, 0.4) is 0 Å². The van der Waals surface area contributed by atoms with Gasteiger partial charge in [0.1, 0.15) is 24.2 Å². The molecule has 0 aromatic carbocycles. The number of nitrogens with one attached hydrogen (secondary N) is 2. The second kappa shape index (κ2) is 9.35. The van der Waals surface area contributed by atoms with E-state index >= 15 is 0 Å². The van der Waals surface area contributed by atoms with Gasteiger partial charge in [-0.2, -0.15) is 0 Å². The van der Waals surface area contributed by atoms with Crippen molar-refractivity contribution in [1.82, 2.24) is 20.4 Å². The van der Waals surface area contributed by atoms with Gasteiger partial charge in [-0.25, -0.2) is 0 Å². The Bertz CT molecular complexity index is 695. The molecule has 3 saturated heterocycles. The molecule has 2 N–H and O–H groups in total. The molecular formula is C22H36N4O4. The van der Waals surface area contributed by atoms with Gasteiger partial charge >= 0.3 is 0 Å². The summed E-state index contributed by atoms with van der Waals surface area (Å²) in [5.41, 5.74) is 0. The fourth-order valence-corrected chi connectivity index (χ4v) is 4.88. The van der Waals surface area contributed by atoms with Crippen molar-refractivity contribution in [2.24, 2.45) is 11.8 Å². The number of rotatable bonds is 4. The molecule has 5 atom stereocenters. The van der Waals surface area contributed by atoms with Crippen LogP contribution in [0.25, 0.3) is 0 Å². The first-order valence-electron chi connectivity index (χ1n) is 11.5. The molecule has 8 heteroatoms. The maximum absolute atomic E-state index is 13.4. The Balaban J connectivity index is 1.98. The average molecular weight is 421 g/mol. The zero-order valence-electron chi connectivity index (χ0n) is 18.6. The summed E-state index contributed by atoms with van der Waals surface area (Å²) < 4.78 is 0. The number of hydrogen-bond donors (Lipinski definition) is 2. The fourth-order valence-electron chi connectivity index (χ4n) is 4.88. The van der Waals surface area contributed by atoms with Gasteiger partial charge in [-0.1, -0.05) is 34.1 Å². The molecule has 0 saturated carbocycles. The van der Waals surface area contributed by atoms with Crippen molar-refractivity contribution in [3.63, 3.8) is 0 Å². The summed E-state index contributed by atoms with van der Waals surface area (Å²) in [6.45, 7) is 8.93. The molecule has 0 aromatic heterocycles. The Kier molecular flexibility index (Phi) is 7.03. The molecule has 4 amide bonds. The highest BCUT2D eigenvalue weighted by molar-refractivity contribution is 5.98. The Morgan fingerprint density at radius 3 is 1.93 bits per heavy atom. The third-order valence-corrected chi connectivity index (χ3v) is 6.78. The van der Waals surface area contributed by atoms with E-state index < -0.39 is 24.2 Å². The van der Waals surface area contributed by atoms with Gasteiger partial charge < -0.3 is 20.4 Å². The van der Waals surface area contributed by atoms with Gasteiger partial charge in [-0.05, 0) is 43.9 Å². The van der Waals surface area contributed by atoms with Gasteiger partial charge in [0.15, 0.2) is 0 Å². The molecule has 0 aliphatic carbocycles. The maximum atomic E-state index is 13.4. The zero-order chi connectivity index (χ0) is 22.0. The lowest BCUT2D eigenvalue weighted by Crippen LogP contribution is -2.62. The van der Waals surface area contributed by atoms with Gasteiger partial charge in [-0.15, -0.1) is 0 Å². The van der Waals surface area contributed by atoms with Crippen molar-refractivity contribution in [2.75, 3.05) is 13.1 Å². The smallest absolute Gasteiger partial charge is 0.246 e. The van der Waals surface area contributed by atoms with Gasteiger partial charge in [0, 0.05) is 13.1 Å². The summed E-state index contributed by atoms with van der Waals surface area (Å²) in [7, 11) is 0. The SMILES string of the molecule is CCC(C)C1NC(=O)C2CCCN2C(=O)C(CC(C)C)NC(=O)C2CCCN2C1=O. The van der Waals surface area contributed by atoms with Gasteiger partial charge in [0.25, 0.3) is 0 Å². The standard InChI is InChI=1S/C22H36N4O4/c1-5-14(4)18-22(30)26-11-7-8-16(26)19(27)23-15(12-13(2)3)21(29)25-10-6-9-17(25)20(28)24-18/h13-18H,5-12H2,1-4H3,(H,23,27)(H,24,28). The van der Waals surface area contributed by atoms with Crippen LogP contribution >= 0.6 is 0 Å². The molecule has 3 aliphatic heterocycles. The second-order valence-electron chi connectivity index (χ2n) is 9.44. The van der Waals surface area contributed by atoms with Gasteiger partial charge in [-0.3, -0.25) is 19.2 Å². The monoisotopic (exact) mass is 420 g/mol. The minimum atomic E-state index is -0.681. The molecule has 168 valence electrons. The molecule has 8 nitrogen and oxygen atoms in total. The molecule has 3 fully saturated rings. The van der Waals surface area contributed by atoms with Crippen LogP contribution in [0.15, 0.2) is 0 Å². The van der Waals surface area contributed by atoms with Crippen LogP contribution < -0.4 is 10.6 Å². The van der Waals surface area contributed by atoms with Crippen LogP contribution in [-0.4, -0.2) is 70.7 Å². The number of amides is 4. The van der Waals surface area contributed by atoms with Crippen molar-refractivity contribution in [3.8, 4) is 0 Å².